The first-order valence-corrected chi connectivity index (χ1v) is 9.85. The van der Waals surface area contributed by atoms with Crippen LogP contribution >= 0.6 is 0 Å². The fourth-order valence-electron chi connectivity index (χ4n) is 3.45. The Balaban J connectivity index is 1.68. The van der Waals surface area contributed by atoms with Crippen molar-refractivity contribution in [3.8, 4) is 0 Å². The van der Waals surface area contributed by atoms with E-state index in [1.165, 1.54) is 6.07 Å². The van der Waals surface area contributed by atoms with Crippen LogP contribution in [0.3, 0.4) is 0 Å². The number of hydrogen-bond acceptors (Lipinski definition) is 7. The van der Waals surface area contributed by atoms with E-state index in [1.54, 1.807) is 26.0 Å². The van der Waals surface area contributed by atoms with Gasteiger partial charge in [0.05, 0.1) is 28.8 Å². The molecule has 4 aromatic rings. The molecule has 0 radical (unpaired) electrons. The Labute approximate surface area is 181 Å². The van der Waals surface area contributed by atoms with Crippen molar-refractivity contribution in [2.24, 2.45) is 0 Å². The molecule has 0 aliphatic rings. The molecule has 32 heavy (non-hydrogen) atoms. The van der Waals surface area contributed by atoms with E-state index in [1.807, 2.05) is 12.1 Å². The third-order valence-electron chi connectivity index (χ3n) is 4.94. The van der Waals surface area contributed by atoms with Gasteiger partial charge < -0.3 is 13.9 Å². The lowest BCUT2D eigenvalue weighted by molar-refractivity contribution is 0.0415. The van der Waals surface area contributed by atoms with Crippen LogP contribution in [-0.2, 0) is 16.1 Å². The van der Waals surface area contributed by atoms with E-state index in [4.69, 9.17) is 13.9 Å². The van der Waals surface area contributed by atoms with Crippen molar-refractivity contribution in [2.75, 3.05) is 6.61 Å². The number of fused-ring (bicyclic) bond motifs is 2. The highest BCUT2D eigenvalue weighted by atomic mass is 19.1. The second-order valence-corrected chi connectivity index (χ2v) is 6.99. The summed E-state index contributed by atoms with van der Waals surface area (Å²) in [5.74, 6) is -2.43. The number of pyridine rings is 1. The van der Waals surface area contributed by atoms with Gasteiger partial charge >= 0.3 is 11.9 Å². The van der Waals surface area contributed by atoms with Crippen molar-refractivity contribution in [1.82, 2.24) is 4.98 Å². The zero-order chi connectivity index (χ0) is 22.8. The van der Waals surface area contributed by atoms with E-state index >= 15 is 0 Å². The van der Waals surface area contributed by atoms with E-state index < -0.39 is 23.2 Å². The SMILES string of the molecule is CCOC(=O)c1c(COC(=O)c2cc(=O)c3cc(F)ccc3o2)nc2ccccc2c1C. The fourth-order valence-corrected chi connectivity index (χ4v) is 3.45. The van der Waals surface area contributed by atoms with Gasteiger partial charge in [0, 0.05) is 11.5 Å². The summed E-state index contributed by atoms with van der Waals surface area (Å²) in [6.07, 6.45) is 0. The van der Waals surface area contributed by atoms with E-state index in [2.05, 4.69) is 4.98 Å². The predicted octanol–water partition coefficient (Wildman–Crippen LogP) is 4.32. The molecule has 2 heterocycles. The topological polar surface area (TPSA) is 95.7 Å². The molecule has 0 spiro atoms. The van der Waals surface area contributed by atoms with Gasteiger partial charge in [-0.05, 0) is 43.7 Å². The van der Waals surface area contributed by atoms with Crippen LogP contribution in [0.15, 0.2) is 57.7 Å². The third-order valence-corrected chi connectivity index (χ3v) is 4.94. The van der Waals surface area contributed by atoms with Crippen LogP contribution in [0.2, 0.25) is 0 Å². The minimum Gasteiger partial charge on any atom is -0.462 e. The lowest BCUT2D eigenvalue weighted by Crippen LogP contribution is -2.16. The summed E-state index contributed by atoms with van der Waals surface area (Å²) in [6.45, 7) is 3.29. The Morgan fingerprint density at radius 1 is 1.03 bits per heavy atom. The maximum atomic E-state index is 13.4. The normalized spacial score (nSPS) is 11.0. The van der Waals surface area contributed by atoms with Crippen molar-refractivity contribution < 1.29 is 27.9 Å². The highest BCUT2D eigenvalue weighted by Gasteiger charge is 2.22. The summed E-state index contributed by atoms with van der Waals surface area (Å²) >= 11 is 0. The molecule has 0 bridgehead atoms. The van der Waals surface area contributed by atoms with Crippen molar-refractivity contribution in [3.63, 3.8) is 0 Å². The third kappa shape index (κ3) is 3.94. The second-order valence-electron chi connectivity index (χ2n) is 6.99. The van der Waals surface area contributed by atoms with Gasteiger partial charge in [-0.15, -0.1) is 0 Å². The molecule has 0 unspecified atom stereocenters. The second kappa shape index (κ2) is 8.58. The Hall–Kier alpha value is -4.07. The van der Waals surface area contributed by atoms with Crippen LogP contribution < -0.4 is 5.43 Å². The largest absolute Gasteiger partial charge is 0.462 e. The number of halogens is 1. The van der Waals surface area contributed by atoms with Crippen LogP contribution in [-0.4, -0.2) is 23.5 Å². The number of nitrogens with zero attached hydrogens (tertiary/aromatic N) is 1. The van der Waals surface area contributed by atoms with Crippen molar-refractivity contribution in [3.05, 3.63) is 87.2 Å². The van der Waals surface area contributed by atoms with Gasteiger partial charge in [-0.25, -0.2) is 19.0 Å². The molecule has 2 aromatic heterocycles. The van der Waals surface area contributed by atoms with Gasteiger partial charge in [0.1, 0.15) is 18.0 Å². The summed E-state index contributed by atoms with van der Waals surface area (Å²) in [7, 11) is 0. The molecule has 0 aliphatic carbocycles. The number of aryl methyl sites for hydroxylation is 1. The molecule has 0 saturated heterocycles. The first kappa shape index (κ1) is 21.2. The molecule has 162 valence electrons. The van der Waals surface area contributed by atoms with E-state index in [0.717, 1.165) is 23.6 Å². The molecular formula is C24H18FNO6. The zero-order valence-corrected chi connectivity index (χ0v) is 17.3. The van der Waals surface area contributed by atoms with Crippen LogP contribution in [0.4, 0.5) is 4.39 Å². The summed E-state index contributed by atoms with van der Waals surface area (Å²) in [4.78, 5) is 41.8. The average molecular weight is 435 g/mol. The standard InChI is InChI=1S/C24H18FNO6/c1-3-30-24(29)22-13(2)15-6-4-5-7-17(15)26-18(22)12-31-23(28)21-11-19(27)16-10-14(25)8-9-20(16)32-21/h4-11H,3,12H2,1-2H3. The number of ether oxygens (including phenoxy) is 2. The van der Waals surface area contributed by atoms with Crippen molar-refractivity contribution in [1.29, 1.82) is 0 Å². The number of para-hydroxylation sites is 1. The first-order valence-electron chi connectivity index (χ1n) is 9.85. The highest BCUT2D eigenvalue weighted by molar-refractivity contribution is 5.98. The van der Waals surface area contributed by atoms with E-state index in [9.17, 15) is 18.8 Å². The molecule has 0 N–H and O–H groups in total. The minimum atomic E-state index is -0.921. The molecule has 7 nitrogen and oxygen atoms in total. The number of carbonyl (C=O) groups excluding carboxylic acids is 2. The summed E-state index contributed by atoms with van der Waals surface area (Å²) in [5, 5.41) is 0.788. The Bertz CT molecular complexity index is 1430. The number of benzene rings is 2. The van der Waals surface area contributed by atoms with Gasteiger partial charge in [0.25, 0.3) is 0 Å². The van der Waals surface area contributed by atoms with Crippen molar-refractivity contribution >= 4 is 33.8 Å². The quantitative estimate of drug-likeness (QED) is 0.431. The van der Waals surface area contributed by atoms with Gasteiger partial charge in [0.2, 0.25) is 5.76 Å². The molecule has 0 atom stereocenters. The molecule has 0 aliphatic heterocycles. The van der Waals surface area contributed by atoms with Crippen LogP contribution in [0.5, 0.6) is 0 Å². The fraction of sp³-hybridized carbons (Fsp3) is 0.167. The predicted molar refractivity (Wildman–Crippen MR) is 114 cm³/mol. The Kier molecular flexibility index (Phi) is 5.68. The van der Waals surface area contributed by atoms with Crippen LogP contribution in [0, 0.1) is 12.7 Å². The smallest absolute Gasteiger partial charge is 0.374 e. The molecule has 8 heteroatoms. The molecule has 0 saturated carbocycles. The number of rotatable bonds is 5. The lowest BCUT2D eigenvalue weighted by Gasteiger charge is -2.14. The first-order chi connectivity index (χ1) is 15.4. The molecule has 0 amide bonds. The lowest BCUT2D eigenvalue weighted by atomic mass is 10.0. The molecule has 2 aromatic carbocycles. The number of aromatic nitrogens is 1. The van der Waals surface area contributed by atoms with E-state index in [-0.39, 0.29) is 41.2 Å². The maximum absolute atomic E-state index is 13.4. The highest BCUT2D eigenvalue weighted by Crippen LogP contribution is 2.25. The monoisotopic (exact) mass is 435 g/mol. The average Bonchev–Trinajstić information content (AvgIpc) is 2.78. The number of hydrogen-bond donors (Lipinski definition) is 0. The van der Waals surface area contributed by atoms with Gasteiger partial charge in [-0.2, -0.15) is 0 Å². The number of carbonyl (C=O) groups is 2. The van der Waals surface area contributed by atoms with Gasteiger partial charge in [-0.1, -0.05) is 18.2 Å². The summed E-state index contributed by atoms with van der Waals surface area (Å²) < 4.78 is 29.2. The molecular weight excluding hydrogens is 417 g/mol. The summed E-state index contributed by atoms with van der Waals surface area (Å²) in [6, 6.07) is 11.6. The zero-order valence-electron chi connectivity index (χ0n) is 17.3. The minimum absolute atomic E-state index is 0.0120. The van der Waals surface area contributed by atoms with E-state index in [0.29, 0.717) is 11.1 Å². The molecule has 4 rings (SSSR count). The van der Waals surface area contributed by atoms with Gasteiger partial charge in [-0.3, -0.25) is 4.79 Å². The van der Waals surface area contributed by atoms with Gasteiger partial charge in [0.15, 0.2) is 5.43 Å². The Morgan fingerprint density at radius 2 is 1.81 bits per heavy atom. The maximum Gasteiger partial charge on any atom is 0.374 e. The van der Waals surface area contributed by atoms with Crippen LogP contribution in [0.1, 0.15) is 39.1 Å². The Morgan fingerprint density at radius 3 is 2.59 bits per heavy atom. The number of esters is 2. The van der Waals surface area contributed by atoms with Crippen molar-refractivity contribution in [2.45, 2.75) is 20.5 Å². The van der Waals surface area contributed by atoms with Crippen LogP contribution in [0.25, 0.3) is 21.9 Å². The summed E-state index contributed by atoms with van der Waals surface area (Å²) in [5.41, 5.74) is 1.19. The molecule has 0 fully saturated rings.